The van der Waals surface area contributed by atoms with E-state index in [1.165, 1.54) is 0 Å². The second kappa shape index (κ2) is 8.04. The van der Waals surface area contributed by atoms with Crippen LogP contribution in [0.25, 0.3) is 0 Å². The number of hydrogen-bond acceptors (Lipinski definition) is 4. The van der Waals surface area contributed by atoms with Gasteiger partial charge < -0.3 is 19.8 Å². The molecule has 0 aliphatic carbocycles. The van der Waals surface area contributed by atoms with Crippen LogP contribution in [0.15, 0.2) is 0 Å². The molecule has 0 aromatic carbocycles. The fraction of sp³-hybridized carbons (Fsp3) is 0.667. The van der Waals surface area contributed by atoms with E-state index in [1.54, 1.807) is 0 Å². The molecule has 0 heterocycles. The van der Waals surface area contributed by atoms with E-state index in [0.717, 1.165) is 0 Å². The Morgan fingerprint density at radius 1 is 0.909 bits per heavy atom. The topological polar surface area (TPSA) is 80.3 Å². The fourth-order valence-electron chi connectivity index (χ4n) is 0.539. The number of carbonyl (C=O) groups excluding carboxylic acids is 2. The molecule has 0 amide bonds. The van der Waals surface area contributed by atoms with Crippen molar-refractivity contribution in [2.45, 2.75) is 25.7 Å². The molecule has 0 fully saturated rings. The van der Waals surface area contributed by atoms with Crippen molar-refractivity contribution in [1.82, 2.24) is 0 Å². The summed E-state index contributed by atoms with van der Waals surface area (Å²) >= 11 is 0. The van der Waals surface area contributed by atoms with Gasteiger partial charge in [-0.3, -0.25) is 0 Å². The first-order chi connectivity index (χ1) is 4.63. The molecule has 0 atom stereocenters. The third-order valence-corrected chi connectivity index (χ3v) is 1.01. The molecule has 4 nitrogen and oxygen atoms in total. The molecule has 58 valence electrons. The van der Waals surface area contributed by atoms with Crippen molar-refractivity contribution < 1.29 is 49.4 Å². The number of carboxylic acid groups (broad SMARTS) is 2. The fourth-order valence-corrected chi connectivity index (χ4v) is 0.539. The summed E-state index contributed by atoms with van der Waals surface area (Å²) < 4.78 is 0. The van der Waals surface area contributed by atoms with Crippen LogP contribution in [0, 0.1) is 0 Å². The SMILES string of the molecule is O=C([O-])CCCCC(=O)[O-].[Na+]. The van der Waals surface area contributed by atoms with E-state index in [1.807, 2.05) is 0 Å². The van der Waals surface area contributed by atoms with Crippen LogP contribution in [0.4, 0.5) is 0 Å². The van der Waals surface area contributed by atoms with Crippen molar-refractivity contribution in [1.29, 1.82) is 0 Å². The van der Waals surface area contributed by atoms with Gasteiger partial charge in [0.1, 0.15) is 0 Å². The number of hydrogen-bond donors (Lipinski definition) is 0. The van der Waals surface area contributed by atoms with Gasteiger partial charge in [-0.05, 0) is 25.7 Å². The van der Waals surface area contributed by atoms with Crippen LogP contribution in [-0.2, 0) is 9.59 Å². The Kier molecular flexibility index (Phi) is 9.89. The van der Waals surface area contributed by atoms with Crippen LogP contribution in [-0.4, -0.2) is 11.9 Å². The summed E-state index contributed by atoms with van der Waals surface area (Å²) in [6.07, 6.45) is 0.535. The minimum atomic E-state index is -1.14. The summed E-state index contributed by atoms with van der Waals surface area (Å²) in [5.41, 5.74) is 0. The second-order valence-corrected chi connectivity index (χ2v) is 1.95. The summed E-state index contributed by atoms with van der Waals surface area (Å²) in [5.74, 6) is -2.28. The van der Waals surface area contributed by atoms with Crippen molar-refractivity contribution in [2.24, 2.45) is 0 Å². The number of aliphatic carboxylic acids is 2. The van der Waals surface area contributed by atoms with Gasteiger partial charge in [-0.25, -0.2) is 0 Å². The Morgan fingerprint density at radius 2 is 1.18 bits per heavy atom. The molecule has 0 unspecified atom stereocenters. The number of carbonyl (C=O) groups is 2. The molecule has 0 spiro atoms. The maximum absolute atomic E-state index is 9.77. The Labute approximate surface area is 86.9 Å². The molecule has 0 bridgehead atoms. The Balaban J connectivity index is 0. The third-order valence-electron chi connectivity index (χ3n) is 1.01. The molecule has 0 aliphatic heterocycles. The summed E-state index contributed by atoms with van der Waals surface area (Å²) in [6.45, 7) is 0. The van der Waals surface area contributed by atoms with Crippen molar-refractivity contribution in [2.75, 3.05) is 0 Å². The van der Waals surface area contributed by atoms with Crippen molar-refractivity contribution in [3.63, 3.8) is 0 Å². The largest absolute Gasteiger partial charge is 1.00 e. The van der Waals surface area contributed by atoms with Gasteiger partial charge in [-0.1, -0.05) is 0 Å². The van der Waals surface area contributed by atoms with E-state index in [9.17, 15) is 19.8 Å². The molecule has 0 aromatic rings. The third kappa shape index (κ3) is 13.0. The zero-order valence-corrected chi connectivity index (χ0v) is 8.46. The quantitative estimate of drug-likeness (QED) is 0.303. The molecule has 0 rings (SSSR count). The van der Waals surface area contributed by atoms with Crippen LogP contribution in [0.5, 0.6) is 0 Å². The summed E-state index contributed by atoms with van der Waals surface area (Å²) in [5, 5.41) is 19.5. The van der Waals surface area contributed by atoms with Gasteiger partial charge in [0.05, 0.1) is 0 Å². The standard InChI is InChI=1S/C6H10O4.Na/c7-5(8)3-1-2-4-6(9)10;/h1-4H2,(H,7,8)(H,9,10);/q;+1/p-2. The first-order valence-corrected chi connectivity index (χ1v) is 3.02. The molecule has 0 N–H and O–H groups in total. The van der Waals surface area contributed by atoms with Crippen LogP contribution >= 0.6 is 0 Å². The molecular formula is C6H8NaO4-. The maximum Gasteiger partial charge on any atom is 1.00 e. The summed E-state index contributed by atoms with van der Waals surface area (Å²) in [7, 11) is 0. The predicted octanol–water partition coefficient (Wildman–Crippen LogP) is -4.95. The summed E-state index contributed by atoms with van der Waals surface area (Å²) in [6, 6.07) is 0. The molecule has 0 aromatic heterocycles. The molecule has 0 saturated carbocycles. The van der Waals surface area contributed by atoms with Crippen molar-refractivity contribution in [3.8, 4) is 0 Å². The first kappa shape index (κ1) is 13.5. The van der Waals surface area contributed by atoms with E-state index < -0.39 is 11.9 Å². The molecule has 5 heteroatoms. The Bertz CT molecular complexity index is 119. The van der Waals surface area contributed by atoms with Crippen LogP contribution in [0.3, 0.4) is 0 Å². The van der Waals surface area contributed by atoms with Gasteiger partial charge in [0.15, 0.2) is 0 Å². The molecule has 0 saturated heterocycles. The first-order valence-electron chi connectivity index (χ1n) is 3.02. The van der Waals surface area contributed by atoms with Crippen molar-refractivity contribution >= 4 is 11.9 Å². The minimum Gasteiger partial charge on any atom is -0.550 e. The zero-order valence-electron chi connectivity index (χ0n) is 6.46. The molecule has 11 heavy (non-hydrogen) atoms. The monoisotopic (exact) mass is 167 g/mol. The van der Waals surface area contributed by atoms with Gasteiger partial charge in [0, 0.05) is 11.9 Å². The van der Waals surface area contributed by atoms with Gasteiger partial charge in [-0.15, -0.1) is 0 Å². The second-order valence-electron chi connectivity index (χ2n) is 1.95. The van der Waals surface area contributed by atoms with Gasteiger partial charge in [0.25, 0.3) is 0 Å². The van der Waals surface area contributed by atoms with Crippen LogP contribution < -0.4 is 39.8 Å². The summed E-state index contributed by atoms with van der Waals surface area (Å²) in [4.78, 5) is 19.5. The van der Waals surface area contributed by atoms with Gasteiger partial charge in [0.2, 0.25) is 0 Å². The number of carboxylic acids is 2. The zero-order chi connectivity index (χ0) is 7.98. The predicted molar refractivity (Wildman–Crippen MR) is 28.5 cm³/mol. The Morgan fingerprint density at radius 3 is 1.36 bits per heavy atom. The normalized spacial score (nSPS) is 8.36. The average Bonchev–Trinajstić information content (AvgIpc) is 1.79. The van der Waals surface area contributed by atoms with Crippen LogP contribution in [0.1, 0.15) is 25.7 Å². The smallest absolute Gasteiger partial charge is 0.550 e. The van der Waals surface area contributed by atoms with Crippen LogP contribution in [0.2, 0.25) is 0 Å². The Hall–Kier alpha value is -0.0600. The minimum absolute atomic E-state index is 0. The maximum atomic E-state index is 9.77. The molecule has 0 aliphatic rings. The van der Waals surface area contributed by atoms with Gasteiger partial charge >= 0.3 is 29.6 Å². The molecular weight excluding hydrogens is 159 g/mol. The van der Waals surface area contributed by atoms with E-state index in [4.69, 9.17) is 0 Å². The molecule has 0 radical (unpaired) electrons. The average molecular weight is 167 g/mol. The number of rotatable bonds is 5. The van der Waals surface area contributed by atoms with E-state index in [2.05, 4.69) is 0 Å². The van der Waals surface area contributed by atoms with E-state index in [-0.39, 0.29) is 42.4 Å². The number of unbranched alkanes of at least 4 members (excludes halogenated alkanes) is 1. The van der Waals surface area contributed by atoms with Gasteiger partial charge in [-0.2, -0.15) is 0 Å². The van der Waals surface area contributed by atoms with Crippen molar-refractivity contribution in [3.05, 3.63) is 0 Å². The van der Waals surface area contributed by atoms with E-state index >= 15 is 0 Å². The van der Waals surface area contributed by atoms with E-state index in [0.29, 0.717) is 12.8 Å².